The van der Waals surface area contributed by atoms with E-state index in [1.54, 1.807) is 0 Å². The van der Waals surface area contributed by atoms with Gasteiger partial charge in [-0.1, -0.05) is 194 Å². The van der Waals surface area contributed by atoms with Crippen molar-refractivity contribution < 1.29 is 0 Å². The number of hydrogen-bond acceptors (Lipinski definition) is 2. The average molecular weight is 767 g/mol. The molecule has 0 N–H and O–H groups in total. The summed E-state index contributed by atoms with van der Waals surface area (Å²) in [4.78, 5) is 4.69. The van der Waals surface area contributed by atoms with Crippen molar-refractivity contribution in [2.24, 2.45) is 0 Å². The van der Waals surface area contributed by atoms with Crippen molar-refractivity contribution in [1.29, 1.82) is 0 Å². The predicted molar refractivity (Wildman–Crippen MR) is 257 cm³/mol. The smallest absolute Gasteiger partial charge is 0.0540 e. The monoisotopic (exact) mass is 766 g/mol. The number of rotatable bonds is 10. The van der Waals surface area contributed by atoms with Gasteiger partial charge < -0.3 is 9.80 Å². The van der Waals surface area contributed by atoms with E-state index in [-0.39, 0.29) is 0 Å². The van der Waals surface area contributed by atoms with Gasteiger partial charge in [0.25, 0.3) is 0 Å². The van der Waals surface area contributed by atoms with Crippen LogP contribution in [0.4, 0.5) is 34.1 Å². The molecule has 10 rings (SSSR count). The van der Waals surface area contributed by atoms with Crippen LogP contribution in [0.3, 0.4) is 0 Å². The molecule has 0 heterocycles. The molecule has 0 saturated heterocycles. The van der Waals surface area contributed by atoms with E-state index in [4.69, 9.17) is 0 Å². The van der Waals surface area contributed by atoms with E-state index in [9.17, 15) is 0 Å². The second-order valence-electron chi connectivity index (χ2n) is 15.0. The van der Waals surface area contributed by atoms with Gasteiger partial charge in [0.1, 0.15) is 0 Å². The molecule has 0 radical (unpaired) electrons. The van der Waals surface area contributed by atoms with Crippen molar-refractivity contribution in [2.75, 3.05) is 9.80 Å². The van der Waals surface area contributed by atoms with Crippen molar-refractivity contribution >= 4 is 67.8 Å². The maximum atomic E-state index is 2.40. The van der Waals surface area contributed by atoms with Crippen LogP contribution in [0.5, 0.6) is 0 Å². The molecule has 2 nitrogen and oxygen atoms in total. The Bertz CT molecular complexity index is 2910. The van der Waals surface area contributed by atoms with E-state index in [1.807, 2.05) is 0 Å². The maximum Gasteiger partial charge on any atom is 0.0540 e. The van der Waals surface area contributed by atoms with E-state index >= 15 is 0 Å². The molecular weight excluding hydrogens is 725 g/mol. The molecule has 60 heavy (non-hydrogen) atoms. The molecule has 0 bridgehead atoms. The number of fused-ring (bicyclic) bond motifs is 2. The van der Waals surface area contributed by atoms with Crippen LogP contribution < -0.4 is 9.80 Å². The summed E-state index contributed by atoms with van der Waals surface area (Å²) in [7, 11) is 0. The number of hydrogen-bond donors (Lipinski definition) is 0. The summed E-state index contributed by atoms with van der Waals surface area (Å²) in [6, 6.07) is 86.8. The third kappa shape index (κ3) is 7.46. The van der Waals surface area contributed by atoms with Crippen molar-refractivity contribution in [2.45, 2.75) is 0 Å². The Morgan fingerprint density at radius 2 is 0.550 bits per heavy atom. The molecule has 0 fully saturated rings. The highest BCUT2D eigenvalue weighted by Crippen LogP contribution is 2.42. The van der Waals surface area contributed by atoms with E-state index in [2.05, 4.69) is 265 Å². The highest BCUT2D eigenvalue weighted by atomic mass is 15.1. The van der Waals surface area contributed by atoms with Crippen molar-refractivity contribution in [3.63, 3.8) is 0 Å². The fourth-order valence-electron chi connectivity index (χ4n) is 8.19. The molecule has 0 unspecified atom stereocenters. The van der Waals surface area contributed by atoms with Gasteiger partial charge in [-0.15, -0.1) is 0 Å². The second-order valence-corrected chi connectivity index (χ2v) is 15.0. The van der Waals surface area contributed by atoms with E-state index in [0.717, 1.165) is 45.3 Å². The van der Waals surface area contributed by atoms with Gasteiger partial charge in [-0.3, -0.25) is 0 Å². The molecule has 10 aromatic carbocycles. The summed E-state index contributed by atoms with van der Waals surface area (Å²) < 4.78 is 0. The van der Waals surface area contributed by atoms with Crippen LogP contribution in [0.1, 0.15) is 11.1 Å². The third-order valence-electron chi connectivity index (χ3n) is 11.3. The minimum absolute atomic E-state index is 1.12. The maximum absolute atomic E-state index is 2.40. The first-order valence-corrected chi connectivity index (χ1v) is 20.5. The summed E-state index contributed by atoms with van der Waals surface area (Å²) in [5, 5.41) is 4.88. The van der Waals surface area contributed by atoms with Gasteiger partial charge in [0.2, 0.25) is 0 Å². The molecule has 284 valence electrons. The van der Waals surface area contributed by atoms with E-state index in [0.29, 0.717) is 0 Å². The Morgan fingerprint density at radius 3 is 0.967 bits per heavy atom. The van der Waals surface area contributed by atoms with Gasteiger partial charge >= 0.3 is 0 Å². The Balaban J connectivity index is 0.855. The summed E-state index contributed by atoms with van der Waals surface area (Å²) in [6.07, 6.45) is 4.37. The SMILES string of the molecule is C(=C\c1ccc(-c2ccc(N(c3cccc4ccccc34)c3cccc4ccccc34)cc2)cc1)/c1ccc(-c2ccc(N(c3ccccc3)c3ccccc3)cc2)cc1. The van der Waals surface area contributed by atoms with Crippen molar-refractivity contribution in [1.82, 2.24) is 0 Å². The van der Waals surface area contributed by atoms with Crippen LogP contribution in [0.2, 0.25) is 0 Å². The molecule has 0 amide bonds. The third-order valence-corrected chi connectivity index (χ3v) is 11.3. The number of nitrogens with zero attached hydrogens (tertiary/aromatic N) is 2. The molecule has 0 aliphatic heterocycles. The lowest BCUT2D eigenvalue weighted by Crippen LogP contribution is -2.11. The molecule has 0 aromatic heterocycles. The Morgan fingerprint density at radius 1 is 0.233 bits per heavy atom. The van der Waals surface area contributed by atoms with Gasteiger partial charge in [-0.2, -0.15) is 0 Å². The highest BCUT2D eigenvalue weighted by Gasteiger charge is 2.18. The molecule has 0 aliphatic carbocycles. The summed E-state index contributed by atoms with van der Waals surface area (Å²) >= 11 is 0. The van der Waals surface area contributed by atoms with Gasteiger partial charge in [0.15, 0.2) is 0 Å². The second kappa shape index (κ2) is 16.5. The zero-order chi connectivity index (χ0) is 40.1. The van der Waals surface area contributed by atoms with Gasteiger partial charge in [-0.25, -0.2) is 0 Å². The molecule has 0 spiro atoms. The Labute approximate surface area is 352 Å². The summed E-state index contributed by atoms with van der Waals surface area (Å²) in [5.41, 5.74) is 13.9. The first-order chi connectivity index (χ1) is 29.7. The minimum atomic E-state index is 1.12. The standard InChI is InChI=1S/C58H42N2/c1-3-17-51(18-4-1)59(52-19-5-2-6-20-52)53-39-35-47(36-40-53)45-31-27-43(28-32-45)25-26-44-29-33-46(34-30-44)48-37-41-54(42-38-48)60(57-23-11-15-49-13-7-9-21-55(49)57)58-24-12-16-50-14-8-10-22-56(50)58/h1-42H/b26-25+. The largest absolute Gasteiger partial charge is 0.311 e. The lowest BCUT2D eigenvalue weighted by Gasteiger charge is -2.28. The molecular formula is C58H42N2. The van der Waals surface area contributed by atoms with Crippen LogP contribution in [0.15, 0.2) is 243 Å². The fraction of sp³-hybridized carbons (Fsp3) is 0. The quantitative estimate of drug-likeness (QED) is 0.128. The van der Waals surface area contributed by atoms with Crippen LogP contribution in [-0.2, 0) is 0 Å². The highest BCUT2D eigenvalue weighted by molar-refractivity contribution is 6.04. The Kier molecular flexibility index (Phi) is 10.0. The first-order valence-electron chi connectivity index (χ1n) is 20.5. The molecule has 0 atom stereocenters. The normalized spacial score (nSPS) is 11.3. The summed E-state index contributed by atoms with van der Waals surface area (Å²) in [5.74, 6) is 0. The molecule has 0 aliphatic rings. The molecule has 0 saturated carbocycles. The van der Waals surface area contributed by atoms with Crippen LogP contribution in [0, 0.1) is 0 Å². The number of para-hydroxylation sites is 2. The lowest BCUT2D eigenvalue weighted by atomic mass is 10.0. The van der Waals surface area contributed by atoms with Gasteiger partial charge in [0, 0.05) is 33.5 Å². The van der Waals surface area contributed by atoms with Crippen LogP contribution in [-0.4, -0.2) is 0 Å². The van der Waals surface area contributed by atoms with E-state index < -0.39 is 0 Å². The van der Waals surface area contributed by atoms with Crippen molar-refractivity contribution in [3.8, 4) is 22.3 Å². The molecule has 10 aromatic rings. The zero-order valence-electron chi connectivity index (χ0n) is 33.1. The minimum Gasteiger partial charge on any atom is -0.311 e. The van der Waals surface area contributed by atoms with Gasteiger partial charge in [0.05, 0.1) is 11.4 Å². The van der Waals surface area contributed by atoms with Crippen LogP contribution >= 0.6 is 0 Å². The van der Waals surface area contributed by atoms with E-state index in [1.165, 1.54) is 43.8 Å². The predicted octanol–water partition coefficient (Wildman–Crippen LogP) is 16.4. The first kappa shape index (κ1) is 36.4. The van der Waals surface area contributed by atoms with Gasteiger partial charge in [-0.05, 0) is 105 Å². The number of anilines is 6. The zero-order valence-corrected chi connectivity index (χ0v) is 33.1. The topological polar surface area (TPSA) is 6.48 Å². The lowest BCUT2D eigenvalue weighted by molar-refractivity contribution is 1.28. The summed E-state index contributed by atoms with van der Waals surface area (Å²) in [6.45, 7) is 0. The average Bonchev–Trinajstić information content (AvgIpc) is 3.33. The molecule has 2 heteroatoms. The van der Waals surface area contributed by atoms with Crippen molar-refractivity contribution in [3.05, 3.63) is 254 Å². The Hall–Kier alpha value is -7.94. The van der Waals surface area contributed by atoms with Crippen LogP contribution in [0.25, 0.3) is 56.0 Å². The fourth-order valence-corrected chi connectivity index (χ4v) is 8.19. The number of benzene rings is 10.